The van der Waals surface area contributed by atoms with E-state index in [2.05, 4.69) is 5.32 Å². The van der Waals surface area contributed by atoms with Crippen molar-refractivity contribution < 1.29 is 14.5 Å². The number of halogens is 1. The van der Waals surface area contributed by atoms with Crippen LogP contribution in [0.4, 0.5) is 11.4 Å². The van der Waals surface area contributed by atoms with Crippen LogP contribution in [0.5, 0.6) is 5.75 Å². The molecule has 2 aromatic carbocycles. The summed E-state index contributed by atoms with van der Waals surface area (Å²) in [5.74, 6) is -0.0667. The molecule has 0 aliphatic heterocycles. The summed E-state index contributed by atoms with van der Waals surface area (Å²) in [5, 5.41) is 22.9. The monoisotopic (exact) mass is 385 g/mol. The minimum Gasteiger partial charge on any atom is -0.494 e. The number of carbonyl (C=O) groups is 1. The number of anilines is 1. The first-order valence-corrected chi connectivity index (χ1v) is 8.42. The van der Waals surface area contributed by atoms with Crippen LogP contribution in [0, 0.1) is 21.4 Å². The van der Waals surface area contributed by atoms with Crippen LogP contribution in [0.25, 0.3) is 6.08 Å². The van der Waals surface area contributed by atoms with Crippen LogP contribution in [0.3, 0.4) is 0 Å². The molecule has 0 heterocycles. The lowest BCUT2D eigenvalue weighted by Gasteiger charge is -2.06. The maximum atomic E-state index is 12.3. The summed E-state index contributed by atoms with van der Waals surface area (Å²) in [5.41, 5.74) is 0.0297. The highest BCUT2D eigenvalue weighted by molar-refractivity contribution is 6.31. The van der Waals surface area contributed by atoms with Gasteiger partial charge in [0.05, 0.1) is 11.5 Å². The minimum absolute atomic E-state index is 0.0427. The highest BCUT2D eigenvalue weighted by Gasteiger charge is 2.18. The average Bonchev–Trinajstić information content (AvgIpc) is 2.66. The van der Waals surface area contributed by atoms with E-state index in [1.807, 2.05) is 6.92 Å². The van der Waals surface area contributed by atoms with Gasteiger partial charge in [-0.2, -0.15) is 5.26 Å². The van der Waals surface area contributed by atoms with Crippen molar-refractivity contribution in [3.63, 3.8) is 0 Å². The van der Waals surface area contributed by atoms with Gasteiger partial charge in [-0.25, -0.2) is 0 Å². The van der Waals surface area contributed by atoms with Crippen molar-refractivity contribution in [1.29, 1.82) is 5.26 Å². The van der Waals surface area contributed by atoms with Gasteiger partial charge < -0.3 is 10.1 Å². The van der Waals surface area contributed by atoms with Crippen molar-refractivity contribution in [2.75, 3.05) is 11.9 Å². The molecule has 0 saturated heterocycles. The van der Waals surface area contributed by atoms with Crippen molar-refractivity contribution in [2.24, 2.45) is 0 Å². The number of nitro benzene ring substituents is 1. The SMILES string of the molecule is CCCOc1ccc(/C=C(\C#N)C(=O)Nc2ccc(Cl)cc2[N+](=O)[O-])cc1. The fourth-order valence-corrected chi connectivity index (χ4v) is 2.31. The van der Waals surface area contributed by atoms with Crippen molar-refractivity contribution in [3.8, 4) is 11.8 Å². The second kappa shape index (κ2) is 9.36. The number of nitro groups is 1. The third kappa shape index (κ3) is 5.56. The third-order valence-electron chi connectivity index (χ3n) is 3.43. The van der Waals surface area contributed by atoms with Gasteiger partial charge in [0.1, 0.15) is 23.1 Å². The van der Waals surface area contributed by atoms with E-state index in [4.69, 9.17) is 16.3 Å². The zero-order valence-electron chi connectivity index (χ0n) is 14.4. The fourth-order valence-electron chi connectivity index (χ4n) is 2.15. The van der Waals surface area contributed by atoms with Gasteiger partial charge >= 0.3 is 0 Å². The summed E-state index contributed by atoms with van der Waals surface area (Å²) in [4.78, 5) is 22.8. The lowest BCUT2D eigenvalue weighted by atomic mass is 10.1. The van der Waals surface area contributed by atoms with Crippen molar-refractivity contribution >= 4 is 35.0 Å². The zero-order chi connectivity index (χ0) is 19.8. The Bertz CT molecular complexity index is 918. The van der Waals surface area contributed by atoms with Gasteiger partial charge in [-0.05, 0) is 42.3 Å². The van der Waals surface area contributed by atoms with Crippen LogP contribution >= 0.6 is 11.6 Å². The molecular weight excluding hydrogens is 370 g/mol. The molecule has 0 unspecified atom stereocenters. The molecule has 8 heteroatoms. The van der Waals surface area contributed by atoms with Gasteiger partial charge in [-0.1, -0.05) is 30.7 Å². The number of benzene rings is 2. The molecule has 2 rings (SSSR count). The quantitative estimate of drug-likeness (QED) is 0.325. The topological polar surface area (TPSA) is 105 Å². The molecular formula is C19H16ClN3O4. The van der Waals surface area contributed by atoms with Crippen molar-refractivity contribution in [3.05, 3.63) is 68.7 Å². The Morgan fingerprint density at radius 2 is 2.04 bits per heavy atom. The largest absolute Gasteiger partial charge is 0.494 e. The first kappa shape index (κ1) is 19.9. The number of rotatable bonds is 7. The normalized spacial score (nSPS) is 10.8. The predicted octanol–water partition coefficient (Wildman–Crippen LogP) is 4.58. The second-order valence-corrected chi connectivity index (χ2v) is 5.90. The zero-order valence-corrected chi connectivity index (χ0v) is 15.2. The van der Waals surface area contributed by atoms with Crippen LogP contribution < -0.4 is 10.1 Å². The standard InChI is InChI=1S/C19H16ClN3O4/c1-2-9-27-16-6-3-13(4-7-16)10-14(12-21)19(24)22-17-8-5-15(20)11-18(17)23(25)26/h3-8,10-11H,2,9H2,1H3,(H,22,24)/b14-10+. The summed E-state index contributed by atoms with van der Waals surface area (Å²) >= 11 is 5.75. The molecule has 0 aliphatic rings. The highest BCUT2D eigenvalue weighted by Crippen LogP contribution is 2.28. The van der Waals surface area contributed by atoms with E-state index in [1.54, 1.807) is 30.3 Å². The molecule has 0 radical (unpaired) electrons. The van der Waals surface area contributed by atoms with Gasteiger partial charge in [-0.15, -0.1) is 0 Å². The number of amides is 1. The summed E-state index contributed by atoms with van der Waals surface area (Å²) in [6.45, 7) is 2.60. The number of hydrogen-bond donors (Lipinski definition) is 1. The Balaban J connectivity index is 2.20. The number of nitriles is 1. The van der Waals surface area contributed by atoms with E-state index in [0.29, 0.717) is 17.9 Å². The van der Waals surface area contributed by atoms with Gasteiger partial charge in [0.2, 0.25) is 0 Å². The molecule has 138 valence electrons. The van der Waals surface area contributed by atoms with Gasteiger partial charge in [0.15, 0.2) is 0 Å². The molecule has 1 amide bonds. The molecule has 0 bridgehead atoms. The number of nitrogens with one attached hydrogen (secondary N) is 1. The van der Waals surface area contributed by atoms with E-state index < -0.39 is 10.8 Å². The first-order valence-electron chi connectivity index (χ1n) is 8.04. The van der Waals surface area contributed by atoms with E-state index in [9.17, 15) is 20.2 Å². The molecule has 0 fully saturated rings. The van der Waals surface area contributed by atoms with Gasteiger partial charge in [-0.3, -0.25) is 14.9 Å². The smallest absolute Gasteiger partial charge is 0.294 e. The molecule has 1 N–H and O–H groups in total. The van der Waals surface area contributed by atoms with Crippen LogP contribution in [0.1, 0.15) is 18.9 Å². The number of hydrogen-bond acceptors (Lipinski definition) is 5. The number of carbonyl (C=O) groups excluding carboxylic acids is 1. The Morgan fingerprint density at radius 1 is 1.33 bits per heavy atom. The predicted molar refractivity (Wildman–Crippen MR) is 103 cm³/mol. The van der Waals surface area contributed by atoms with Crippen molar-refractivity contribution in [2.45, 2.75) is 13.3 Å². The van der Waals surface area contributed by atoms with Crippen LogP contribution in [-0.2, 0) is 4.79 Å². The Morgan fingerprint density at radius 3 is 2.63 bits per heavy atom. The van der Waals surface area contributed by atoms with E-state index >= 15 is 0 Å². The molecule has 0 aliphatic carbocycles. The summed E-state index contributed by atoms with van der Waals surface area (Å²) in [6.07, 6.45) is 2.28. The molecule has 0 saturated carbocycles. The van der Waals surface area contributed by atoms with Crippen LogP contribution in [0.15, 0.2) is 48.0 Å². The van der Waals surface area contributed by atoms with Crippen LogP contribution in [0.2, 0.25) is 5.02 Å². The molecule has 0 spiro atoms. The van der Waals surface area contributed by atoms with Crippen molar-refractivity contribution in [1.82, 2.24) is 0 Å². The molecule has 7 nitrogen and oxygen atoms in total. The highest BCUT2D eigenvalue weighted by atomic mass is 35.5. The minimum atomic E-state index is -0.755. The molecule has 2 aromatic rings. The maximum absolute atomic E-state index is 12.3. The van der Waals surface area contributed by atoms with Gasteiger partial charge in [0.25, 0.3) is 11.6 Å². The van der Waals surface area contributed by atoms with E-state index in [1.165, 1.54) is 18.2 Å². The molecule has 0 aromatic heterocycles. The Hall–Kier alpha value is -3.37. The van der Waals surface area contributed by atoms with Crippen LogP contribution in [-0.4, -0.2) is 17.4 Å². The Labute approximate surface area is 161 Å². The van der Waals surface area contributed by atoms with Gasteiger partial charge in [0, 0.05) is 11.1 Å². The number of nitrogens with zero attached hydrogens (tertiary/aromatic N) is 2. The molecule has 27 heavy (non-hydrogen) atoms. The Kier molecular flexibility index (Phi) is 6.92. The summed E-state index contributed by atoms with van der Waals surface area (Å²) in [6, 6.07) is 12.5. The second-order valence-electron chi connectivity index (χ2n) is 5.46. The lowest BCUT2D eigenvalue weighted by Crippen LogP contribution is -2.14. The first-order chi connectivity index (χ1) is 12.9. The summed E-state index contributed by atoms with van der Waals surface area (Å²) < 4.78 is 5.47. The lowest BCUT2D eigenvalue weighted by molar-refractivity contribution is -0.383. The number of ether oxygens (including phenoxy) is 1. The maximum Gasteiger partial charge on any atom is 0.294 e. The average molecular weight is 386 g/mol. The fraction of sp³-hybridized carbons (Fsp3) is 0.158. The molecule has 0 atom stereocenters. The summed E-state index contributed by atoms with van der Waals surface area (Å²) in [7, 11) is 0. The van der Waals surface area contributed by atoms with E-state index in [-0.39, 0.29) is 22.0 Å². The third-order valence-corrected chi connectivity index (χ3v) is 3.67. The van der Waals surface area contributed by atoms with E-state index in [0.717, 1.165) is 12.5 Å².